The van der Waals surface area contributed by atoms with Crippen molar-refractivity contribution in [2.45, 2.75) is 6.54 Å². The molecule has 2 aromatic carbocycles. The van der Waals surface area contributed by atoms with Gasteiger partial charge in [0.1, 0.15) is 0 Å². The van der Waals surface area contributed by atoms with Crippen LogP contribution >= 0.6 is 15.9 Å². The Morgan fingerprint density at radius 3 is 2.74 bits per heavy atom. The number of nitrogens with zero attached hydrogens (tertiary/aromatic N) is 2. The number of hydrogen-bond donors (Lipinski definition) is 1. The Hall–Kier alpha value is -1.99. The van der Waals surface area contributed by atoms with Gasteiger partial charge in [0.2, 0.25) is 0 Å². The summed E-state index contributed by atoms with van der Waals surface area (Å²) in [7, 11) is 1.99. The minimum Gasteiger partial charge on any atom is -0.398 e. The summed E-state index contributed by atoms with van der Waals surface area (Å²) in [5, 5.41) is 8.92. The lowest BCUT2D eigenvalue weighted by molar-refractivity contribution is 0.919. The average Bonchev–Trinajstić information content (AvgIpc) is 2.44. The fourth-order valence-corrected chi connectivity index (χ4v) is 2.27. The number of hydrogen-bond acceptors (Lipinski definition) is 3. The largest absolute Gasteiger partial charge is 0.398 e. The molecule has 0 aliphatic carbocycles. The zero-order valence-electron chi connectivity index (χ0n) is 10.6. The van der Waals surface area contributed by atoms with Gasteiger partial charge in [0.15, 0.2) is 0 Å². The monoisotopic (exact) mass is 315 g/mol. The number of nitriles is 1. The Morgan fingerprint density at radius 2 is 2.00 bits per heavy atom. The SMILES string of the molecule is CN(Cc1cccc(N)c1Br)c1cccc(C#N)c1. The molecule has 2 rings (SSSR count). The lowest BCUT2D eigenvalue weighted by atomic mass is 10.1. The number of nitrogen functional groups attached to an aromatic ring is 1. The molecule has 96 valence electrons. The molecule has 0 spiro atoms. The van der Waals surface area contributed by atoms with Gasteiger partial charge in [-0.15, -0.1) is 0 Å². The molecule has 19 heavy (non-hydrogen) atoms. The van der Waals surface area contributed by atoms with Crippen LogP contribution in [0, 0.1) is 11.3 Å². The van der Waals surface area contributed by atoms with Gasteiger partial charge in [0.05, 0.1) is 11.6 Å². The van der Waals surface area contributed by atoms with Gasteiger partial charge < -0.3 is 10.6 Å². The van der Waals surface area contributed by atoms with Crippen LogP contribution in [0.3, 0.4) is 0 Å². The van der Waals surface area contributed by atoms with Crippen LogP contribution in [0.25, 0.3) is 0 Å². The smallest absolute Gasteiger partial charge is 0.0992 e. The molecule has 4 heteroatoms. The van der Waals surface area contributed by atoms with E-state index < -0.39 is 0 Å². The molecule has 0 saturated carbocycles. The summed E-state index contributed by atoms with van der Waals surface area (Å²) in [6.07, 6.45) is 0. The summed E-state index contributed by atoms with van der Waals surface area (Å²) in [5.41, 5.74) is 9.39. The van der Waals surface area contributed by atoms with Crippen molar-refractivity contribution in [1.29, 1.82) is 5.26 Å². The lowest BCUT2D eigenvalue weighted by Crippen LogP contribution is -2.17. The third-order valence-corrected chi connectivity index (χ3v) is 3.90. The first-order valence-corrected chi connectivity index (χ1v) is 6.65. The van der Waals surface area contributed by atoms with Gasteiger partial charge in [-0.25, -0.2) is 0 Å². The minimum atomic E-state index is 0.663. The van der Waals surface area contributed by atoms with Crippen LogP contribution in [0.15, 0.2) is 46.9 Å². The summed E-state index contributed by atoms with van der Waals surface area (Å²) in [6, 6.07) is 15.5. The van der Waals surface area contributed by atoms with Crippen molar-refractivity contribution in [1.82, 2.24) is 0 Å². The van der Waals surface area contributed by atoms with Crippen molar-refractivity contribution < 1.29 is 0 Å². The Morgan fingerprint density at radius 1 is 1.26 bits per heavy atom. The molecule has 0 aliphatic heterocycles. The van der Waals surface area contributed by atoms with E-state index in [0.717, 1.165) is 28.0 Å². The van der Waals surface area contributed by atoms with Gasteiger partial charge in [0.25, 0.3) is 0 Å². The zero-order chi connectivity index (χ0) is 13.8. The summed E-state index contributed by atoms with van der Waals surface area (Å²) in [4.78, 5) is 2.08. The highest BCUT2D eigenvalue weighted by molar-refractivity contribution is 9.10. The van der Waals surface area contributed by atoms with Crippen LogP contribution in [0.1, 0.15) is 11.1 Å². The van der Waals surface area contributed by atoms with E-state index in [4.69, 9.17) is 11.0 Å². The Labute approximate surface area is 121 Å². The third-order valence-electron chi connectivity index (χ3n) is 2.93. The van der Waals surface area contributed by atoms with E-state index in [1.807, 2.05) is 43.4 Å². The van der Waals surface area contributed by atoms with Gasteiger partial charge in [-0.05, 0) is 45.8 Å². The molecule has 0 atom stereocenters. The standard InChI is InChI=1S/C15H14BrN3/c1-19(13-6-2-4-11(8-13)9-17)10-12-5-3-7-14(18)15(12)16/h2-8H,10,18H2,1H3. The molecule has 0 amide bonds. The maximum atomic E-state index is 8.92. The first-order chi connectivity index (χ1) is 9.11. The molecule has 0 unspecified atom stereocenters. The molecule has 0 aromatic heterocycles. The third kappa shape index (κ3) is 3.07. The van der Waals surface area contributed by atoms with E-state index in [9.17, 15) is 0 Å². The highest BCUT2D eigenvalue weighted by Crippen LogP contribution is 2.26. The molecule has 0 aliphatic rings. The average molecular weight is 316 g/mol. The number of nitrogens with two attached hydrogens (primary N) is 1. The second kappa shape index (κ2) is 5.77. The van der Waals surface area contributed by atoms with E-state index in [1.165, 1.54) is 0 Å². The molecule has 0 saturated heterocycles. The maximum Gasteiger partial charge on any atom is 0.0992 e. The van der Waals surface area contributed by atoms with Crippen molar-refractivity contribution >= 4 is 27.3 Å². The van der Waals surface area contributed by atoms with Gasteiger partial charge in [0, 0.05) is 29.4 Å². The summed E-state index contributed by atoms with van der Waals surface area (Å²) < 4.78 is 0.929. The van der Waals surface area contributed by atoms with E-state index in [2.05, 4.69) is 26.9 Å². The lowest BCUT2D eigenvalue weighted by Gasteiger charge is -2.20. The highest BCUT2D eigenvalue weighted by Gasteiger charge is 2.07. The topological polar surface area (TPSA) is 53.0 Å². The molecular weight excluding hydrogens is 302 g/mol. The minimum absolute atomic E-state index is 0.663. The molecule has 2 N–H and O–H groups in total. The van der Waals surface area contributed by atoms with Crippen molar-refractivity contribution in [3.05, 3.63) is 58.1 Å². The molecule has 0 fully saturated rings. The van der Waals surface area contributed by atoms with Crippen LogP contribution in [0.5, 0.6) is 0 Å². The van der Waals surface area contributed by atoms with E-state index in [1.54, 1.807) is 6.07 Å². The predicted octanol–water partition coefficient (Wildman–Crippen LogP) is 3.54. The van der Waals surface area contributed by atoms with Gasteiger partial charge in [-0.1, -0.05) is 18.2 Å². The number of anilines is 2. The van der Waals surface area contributed by atoms with Crippen molar-refractivity contribution in [3.8, 4) is 6.07 Å². The van der Waals surface area contributed by atoms with Gasteiger partial charge in [-0.3, -0.25) is 0 Å². The normalized spacial score (nSPS) is 9.95. The van der Waals surface area contributed by atoms with Crippen molar-refractivity contribution in [2.24, 2.45) is 0 Å². The van der Waals surface area contributed by atoms with Crippen LogP contribution in [-0.2, 0) is 6.54 Å². The Kier molecular flexibility index (Phi) is 4.08. The fourth-order valence-electron chi connectivity index (χ4n) is 1.88. The van der Waals surface area contributed by atoms with E-state index in [-0.39, 0.29) is 0 Å². The number of benzene rings is 2. The quantitative estimate of drug-likeness (QED) is 0.881. The van der Waals surface area contributed by atoms with Crippen LogP contribution in [-0.4, -0.2) is 7.05 Å². The van der Waals surface area contributed by atoms with Crippen LogP contribution < -0.4 is 10.6 Å². The number of rotatable bonds is 3. The van der Waals surface area contributed by atoms with Crippen molar-refractivity contribution in [2.75, 3.05) is 17.7 Å². The first kappa shape index (κ1) is 13.4. The highest BCUT2D eigenvalue weighted by atomic mass is 79.9. The molecule has 0 heterocycles. The molecule has 3 nitrogen and oxygen atoms in total. The summed E-state index contributed by atoms with van der Waals surface area (Å²) in [5.74, 6) is 0. The second-order valence-corrected chi connectivity index (χ2v) is 5.13. The molecular formula is C15H14BrN3. The Bertz CT molecular complexity index is 632. The predicted molar refractivity (Wildman–Crippen MR) is 81.8 cm³/mol. The summed E-state index contributed by atoms with van der Waals surface area (Å²) in [6.45, 7) is 0.723. The van der Waals surface area contributed by atoms with Gasteiger partial charge in [-0.2, -0.15) is 5.26 Å². The summed E-state index contributed by atoms with van der Waals surface area (Å²) >= 11 is 3.51. The Balaban J connectivity index is 2.23. The molecule has 0 bridgehead atoms. The first-order valence-electron chi connectivity index (χ1n) is 5.86. The van der Waals surface area contributed by atoms with Crippen LogP contribution in [0.2, 0.25) is 0 Å². The molecule has 0 radical (unpaired) electrons. The van der Waals surface area contributed by atoms with E-state index >= 15 is 0 Å². The molecule has 2 aromatic rings. The van der Waals surface area contributed by atoms with Crippen LogP contribution in [0.4, 0.5) is 11.4 Å². The van der Waals surface area contributed by atoms with Gasteiger partial charge >= 0.3 is 0 Å². The van der Waals surface area contributed by atoms with Crippen molar-refractivity contribution in [3.63, 3.8) is 0 Å². The maximum absolute atomic E-state index is 8.92. The fraction of sp³-hybridized carbons (Fsp3) is 0.133. The van der Waals surface area contributed by atoms with E-state index in [0.29, 0.717) is 5.56 Å². The number of halogens is 1. The zero-order valence-corrected chi connectivity index (χ0v) is 12.2. The second-order valence-electron chi connectivity index (χ2n) is 4.34.